The Morgan fingerprint density at radius 2 is 0.850 bits per heavy atom. The molecule has 0 radical (unpaired) electrons. The fraction of sp³-hybridized carbons (Fsp3) is 0.571. The van der Waals surface area contributed by atoms with E-state index in [9.17, 15) is 9.13 Å². The molecule has 0 saturated heterocycles. The van der Waals surface area contributed by atoms with Crippen LogP contribution in [0.5, 0.6) is 0 Å². The topological polar surface area (TPSA) is 119 Å². The number of unbranched alkanes of at least 4 members (excludes halogenated alkanes) is 1. The van der Waals surface area contributed by atoms with Crippen LogP contribution in [-0.4, -0.2) is 67.7 Å². The lowest BCUT2D eigenvalue weighted by Crippen LogP contribution is -2.28. The van der Waals surface area contributed by atoms with E-state index in [4.69, 9.17) is 18.1 Å². The molecule has 12 heteroatoms. The van der Waals surface area contributed by atoms with Crippen LogP contribution >= 0.6 is 15.2 Å². The third-order valence-corrected chi connectivity index (χ3v) is 10.8. The van der Waals surface area contributed by atoms with Crippen molar-refractivity contribution < 1.29 is 27.2 Å². The number of benzene rings is 2. The smallest absolute Gasteiger partial charge is 0.317 e. The minimum atomic E-state index is -3.29. The minimum absolute atomic E-state index is 0.501. The highest BCUT2D eigenvalue weighted by molar-refractivity contribution is 7.54. The van der Waals surface area contributed by atoms with E-state index in [0.29, 0.717) is 13.1 Å². The van der Waals surface area contributed by atoms with Crippen LogP contribution in [0.2, 0.25) is 0 Å². The Kier molecular flexibility index (Phi) is 17.1. The predicted molar refractivity (Wildman–Crippen MR) is 162 cm³/mol. The van der Waals surface area contributed by atoms with Gasteiger partial charge in [-0.3, -0.25) is 19.8 Å². The van der Waals surface area contributed by atoms with Gasteiger partial charge in [-0.1, -0.05) is 60.7 Å². The fourth-order valence-corrected chi connectivity index (χ4v) is 7.24. The van der Waals surface area contributed by atoms with Crippen LogP contribution in [0.25, 0.3) is 0 Å². The highest BCUT2D eigenvalue weighted by Gasteiger charge is 2.35. The molecule has 4 N–H and O–H groups in total. The van der Waals surface area contributed by atoms with E-state index in [1.807, 2.05) is 60.7 Å². The molecule has 0 bridgehead atoms. The van der Waals surface area contributed by atoms with E-state index in [0.717, 1.165) is 63.0 Å². The third-order valence-electron chi connectivity index (χ3n) is 6.57. The average molecular weight is 599 g/mol. The van der Waals surface area contributed by atoms with Crippen LogP contribution in [0.4, 0.5) is 0 Å². The van der Waals surface area contributed by atoms with Crippen molar-refractivity contribution in [2.75, 3.05) is 67.7 Å². The molecule has 0 heterocycles. The summed E-state index contributed by atoms with van der Waals surface area (Å²) < 4.78 is 47.0. The SMILES string of the molecule is COP(=O)(OC)C(NCCCNCCCCNCCCNC(c1ccccc1)P(=O)(OC)OC)c1ccccc1. The number of hydrogen-bond acceptors (Lipinski definition) is 10. The Morgan fingerprint density at radius 3 is 1.18 bits per heavy atom. The van der Waals surface area contributed by atoms with Crippen molar-refractivity contribution in [1.82, 2.24) is 21.3 Å². The molecule has 2 unspecified atom stereocenters. The molecule has 2 atom stereocenters. The zero-order chi connectivity index (χ0) is 29.1. The van der Waals surface area contributed by atoms with Crippen molar-refractivity contribution >= 4 is 15.2 Å². The maximum atomic E-state index is 13.0. The molecular weight excluding hydrogens is 550 g/mol. The van der Waals surface area contributed by atoms with Crippen molar-refractivity contribution in [2.24, 2.45) is 0 Å². The molecule has 226 valence electrons. The monoisotopic (exact) mass is 598 g/mol. The van der Waals surface area contributed by atoms with Crippen LogP contribution in [0, 0.1) is 0 Å². The van der Waals surface area contributed by atoms with Crippen molar-refractivity contribution in [3.63, 3.8) is 0 Å². The normalized spacial score (nSPS) is 13.8. The molecule has 2 aromatic rings. The van der Waals surface area contributed by atoms with Gasteiger partial charge in [0.2, 0.25) is 0 Å². The van der Waals surface area contributed by atoms with Crippen LogP contribution < -0.4 is 21.3 Å². The van der Waals surface area contributed by atoms with Gasteiger partial charge < -0.3 is 28.7 Å². The standard InChI is InChI=1S/C28H48N4O6P2/c1-35-39(33,36-2)27(25-15-7-5-8-16-25)31-23-13-21-29-19-11-12-20-30-22-14-24-32-28(40(34,37-3)38-4)26-17-9-6-10-18-26/h5-10,15-18,27-32H,11-14,19-24H2,1-4H3. The largest absolute Gasteiger partial charge is 0.351 e. The summed E-state index contributed by atoms with van der Waals surface area (Å²) in [6.07, 6.45) is 3.94. The van der Waals surface area contributed by atoms with Crippen LogP contribution in [-0.2, 0) is 27.2 Å². The summed E-state index contributed by atoms with van der Waals surface area (Å²) in [4.78, 5) is 0. The number of rotatable bonds is 23. The van der Waals surface area contributed by atoms with Crippen LogP contribution in [0.1, 0.15) is 48.4 Å². The quantitative estimate of drug-likeness (QED) is 0.0995. The second-order valence-corrected chi connectivity index (χ2v) is 13.9. The highest BCUT2D eigenvalue weighted by Crippen LogP contribution is 2.59. The van der Waals surface area contributed by atoms with E-state index in [1.54, 1.807) is 0 Å². The van der Waals surface area contributed by atoms with E-state index in [1.165, 1.54) is 28.4 Å². The van der Waals surface area contributed by atoms with Gasteiger partial charge in [0.15, 0.2) is 0 Å². The molecule has 0 aliphatic rings. The van der Waals surface area contributed by atoms with E-state index in [2.05, 4.69) is 21.3 Å². The summed E-state index contributed by atoms with van der Waals surface area (Å²) in [5, 5.41) is 13.6. The van der Waals surface area contributed by atoms with E-state index >= 15 is 0 Å². The van der Waals surface area contributed by atoms with Crippen molar-refractivity contribution in [3.05, 3.63) is 71.8 Å². The fourth-order valence-electron chi connectivity index (χ4n) is 4.32. The van der Waals surface area contributed by atoms with Gasteiger partial charge in [0.1, 0.15) is 11.6 Å². The van der Waals surface area contributed by atoms with Gasteiger partial charge in [0, 0.05) is 28.4 Å². The van der Waals surface area contributed by atoms with Crippen molar-refractivity contribution in [1.29, 1.82) is 0 Å². The summed E-state index contributed by atoms with van der Waals surface area (Å²) in [5.74, 6) is -1.00. The van der Waals surface area contributed by atoms with Gasteiger partial charge in [-0.15, -0.1) is 0 Å². The third kappa shape index (κ3) is 11.5. The molecule has 10 nitrogen and oxygen atoms in total. The Morgan fingerprint density at radius 1 is 0.525 bits per heavy atom. The van der Waals surface area contributed by atoms with Gasteiger partial charge in [-0.05, 0) is 76.1 Å². The molecule has 0 fully saturated rings. The van der Waals surface area contributed by atoms with Gasteiger partial charge >= 0.3 is 15.2 Å². The van der Waals surface area contributed by atoms with Crippen molar-refractivity contribution in [3.8, 4) is 0 Å². The number of nitrogens with one attached hydrogen (secondary N) is 4. The Labute approximate surface area is 240 Å². The lowest BCUT2D eigenvalue weighted by atomic mass is 10.2. The first-order valence-corrected chi connectivity index (χ1v) is 17.1. The Balaban J connectivity index is 1.55. The van der Waals surface area contributed by atoms with Crippen LogP contribution in [0.15, 0.2) is 60.7 Å². The maximum Gasteiger partial charge on any atom is 0.351 e. The molecule has 0 aliphatic carbocycles. The minimum Gasteiger partial charge on any atom is -0.317 e. The van der Waals surface area contributed by atoms with Gasteiger partial charge in [-0.2, -0.15) is 0 Å². The zero-order valence-corrected chi connectivity index (χ0v) is 26.1. The molecule has 2 rings (SSSR count). The summed E-state index contributed by atoms with van der Waals surface area (Å²) in [6.45, 7) is 5.01. The Hall–Kier alpha value is -1.42. The molecule has 0 spiro atoms. The first kappa shape index (κ1) is 34.8. The predicted octanol–water partition coefficient (Wildman–Crippen LogP) is 5.27. The summed E-state index contributed by atoms with van der Waals surface area (Å²) in [7, 11) is -0.919. The molecule has 0 saturated carbocycles. The second kappa shape index (κ2) is 19.7. The Bertz CT molecular complexity index is 921. The molecule has 40 heavy (non-hydrogen) atoms. The molecule has 0 aromatic heterocycles. The van der Waals surface area contributed by atoms with Gasteiger partial charge in [-0.25, -0.2) is 0 Å². The summed E-state index contributed by atoms with van der Waals surface area (Å²) in [5.41, 5.74) is 1.76. The molecule has 0 aliphatic heterocycles. The highest BCUT2D eigenvalue weighted by atomic mass is 31.2. The van der Waals surface area contributed by atoms with E-state index in [-0.39, 0.29) is 0 Å². The maximum absolute atomic E-state index is 13.0. The molecular formula is C28H48N4O6P2. The van der Waals surface area contributed by atoms with E-state index < -0.39 is 26.8 Å². The summed E-state index contributed by atoms with van der Waals surface area (Å²) >= 11 is 0. The lowest BCUT2D eigenvalue weighted by molar-refractivity contribution is 0.258. The van der Waals surface area contributed by atoms with Gasteiger partial charge in [0.05, 0.1) is 0 Å². The molecule has 2 aromatic carbocycles. The molecule has 0 amide bonds. The van der Waals surface area contributed by atoms with Crippen molar-refractivity contribution in [2.45, 2.75) is 37.2 Å². The first-order valence-electron chi connectivity index (χ1n) is 13.8. The van der Waals surface area contributed by atoms with Gasteiger partial charge in [0.25, 0.3) is 0 Å². The zero-order valence-electron chi connectivity index (χ0n) is 24.3. The summed E-state index contributed by atoms with van der Waals surface area (Å²) in [6, 6.07) is 19.2. The van der Waals surface area contributed by atoms with Crippen LogP contribution in [0.3, 0.4) is 0 Å². The average Bonchev–Trinajstić information content (AvgIpc) is 3.01. The lowest BCUT2D eigenvalue weighted by Gasteiger charge is -2.25. The first-order chi connectivity index (χ1) is 19.4. The number of hydrogen-bond donors (Lipinski definition) is 4. The second-order valence-electron chi connectivity index (χ2n) is 9.26.